The summed E-state index contributed by atoms with van der Waals surface area (Å²) in [4.78, 5) is 0. The Morgan fingerprint density at radius 1 is 1.19 bits per heavy atom. The Balaban J connectivity index is 1.68. The molecule has 4 heteroatoms. The van der Waals surface area contributed by atoms with Crippen molar-refractivity contribution in [2.75, 3.05) is 6.61 Å². The number of aliphatic hydroxyl groups excluding tert-OH is 3. The normalized spacial score (nSPS) is 38.2. The molecule has 176 valence electrons. The molecule has 0 heterocycles. The second kappa shape index (κ2) is 9.91. The van der Waals surface area contributed by atoms with Crippen molar-refractivity contribution in [3.8, 4) is 0 Å². The Kier molecular flexibility index (Phi) is 7.89. The van der Waals surface area contributed by atoms with Gasteiger partial charge >= 0.3 is 0 Å². The molecule has 0 radical (unpaired) electrons. The first-order chi connectivity index (χ1) is 14.6. The first kappa shape index (κ1) is 24.7. The second-order valence-electron chi connectivity index (χ2n) is 11.1. The highest BCUT2D eigenvalue weighted by molar-refractivity contribution is 5.36. The van der Waals surface area contributed by atoms with Crippen molar-refractivity contribution in [2.24, 2.45) is 23.2 Å². The zero-order valence-corrected chi connectivity index (χ0v) is 19.8. The lowest BCUT2D eigenvalue weighted by molar-refractivity contribution is -0.0971. The molecule has 4 nitrogen and oxygen atoms in total. The van der Waals surface area contributed by atoms with Crippen LogP contribution in [0.5, 0.6) is 0 Å². The van der Waals surface area contributed by atoms with E-state index in [9.17, 15) is 20.4 Å². The monoisotopic (exact) mass is 432 g/mol. The van der Waals surface area contributed by atoms with Gasteiger partial charge in [0, 0.05) is 0 Å². The third-order valence-corrected chi connectivity index (χ3v) is 8.85. The van der Waals surface area contributed by atoms with E-state index in [-0.39, 0.29) is 11.5 Å². The number of allylic oxidation sites excluding steroid dienone is 4. The summed E-state index contributed by atoms with van der Waals surface area (Å²) in [6.07, 6.45) is 13.4. The Morgan fingerprint density at radius 3 is 2.65 bits per heavy atom. The van der Waals surface area contributed by atoms with Crippen molar-refractivity contribution in [2.45, 2.75) is 103 Å². The van der Waals surface area contributed by atoms with Crippen molar-refractivity contribution < 1.29 is 20.4 Å². The molecule has 3 aliphatic rings. The van der Waals surface area contributed by atoms with Gasteiger partial charge in [-0.25, -0.2) is 0 Å². The Hall–Kier alpha value is -0.940. The van der Waals surface area contributed by atoms with Crippen molar-refractivity contribution in [3.63, 3.8) is 0 Å². The molecular formula is C27H44O4. The van der Waals surface area contributed by atoms with Gasteiger partial charge in [0.05, 0.1) is 18.8 Å². The second-order valence-corrected chi connectivity index (χ2v) is 11.1. The van der Waals surface area contributed by atoms with Crippen LogP contribution in [0.15, 0.2) is 35.5 Å². The fraction of sp³-hybridized carbons (Fsp3) is 0.778. The molecular weight excluding hydrogens is 388 g/mol. The van der Waals surface area contributed by atoms with E-state index in [4.69, 9.17) is 0 Å². The van der Waals surface area contributed by atoms with Crippen LogP contribution in [0.2, 0.25) is 0 Å². The molecule has 7 atom stereocenters. The average molecular weight is 433 g/mol. The van der Waals surface area contributed by atoms with Gasteiger partial charge in [0.2, 0.25) is 0 Å². The Morgan fingerprint density at radius 2 is 1.94 bits per heavy atom. The average Bonchev–Trinajstić information content (AvgIpc) is 3.09. The van der Waals surface area contributed by atoms with E-state index in [1.54, 1.807) is 5.57 Å². The lowest BCUT2D eigenvalue weighted by atomic mass is 9.60. The van der Waals surface area contributed by atoms with Crippen LogP contribution in [0, 0.1) is 23.2 Å². The fourth-order valence-corrected chi connectivity index (χ4v) is 6.65. The van der Waals surface area contributed by atoms with Crippen molar-refractivity contribution in [1.29, 1.82) is 0 Å². The molecule has 0 spiro atoms. The summed E-state index contributed by atoms with van der Waals surface area (Å²) in [5.74, 6) is 1.70. The third kappa shape index (κ3) is 5.35. The molecule has 31 heavy (non-hydrogen) atoms. The molecule has 3 aliphatic carbocycles. The molecule has 3 rings (SSSR count). The van der Waals surface area contributed by atoms with Gasteiger partial charge < -0.3 is 20.4 Å². The highest BCUT2D eigenvalue weighted by Gasteiger charge is 2.50. The molecule has 0 aliphatic heterocycles. The van der Waals surface area contributed by atoms with Gasteiger partial charge in [-0.15, -0.1) is 0 Å². The highest BCUT2D eigenvalue weighted by atomic mass is 16.4. The van der Waals surface area contributed by atoms with Gasteiger partial charge in [0.25, 0.3) is 0 Å². The molecule has 0 bridgehead atoms. The smallest absolute Gasteiger partial charge is 0.111 e. The van der Waals surface area contributed by atoms with Crippen molar-refractivity contribution in [3.05, 3.63) is 35.5 Å². The molecule has 3 unspecified atom stereocenters. The third-order valence-electron chi connectivity index (χ3n) is 8.85. The summed E-state index contributed by atoms with van der Waals surface area (Å²) in [7, 11) is 0. The molecule has 0 aromatic heterocycles. The lowest BCUT2D eigenvalue weighted by Crippen LogP contribution is -2.43. The number of rotatable bonds is 7. The first-order valence-corrected chi connectivity index (χ1v) is 12.4. The summed E-state index contributed by atoms with van der Waals surface area (Å²) in [5.41, 5.74) is 2.82. The summed E-state index contributed by atoms with van der Waals surface area (Å²) >= 11 is 0. The van der Waals surface area contributed by atoms with Crippen molar-refractivity contribution >= 4 is 0 Å². The van der Waals surface area contributed by atoms with Gasteiger partial charge in [0.1, 0.15) is 5.60 Å². The molecule has 0 aromatic rings. The number of fused-ring (bicyclic) bond motifs is 1. The van der Waals surface area contributed by atoms with Crippen LogP contribution in [0.25, 0.3) is 0 Å². The first-order valence-electron chi connectivity index (χ1n) is 12.4. The van der Waals surface area contributed by atoms with E-state index >= 15 is 0 Å². The topological polar surface area (TPSA) is 80.9 Å². The maximum absolute atomic E-state index is 10.3. The standard InChI is InChI=1S/C27H44O4/c1-18-7-11-22(29)16-21(18)10-9-20-6-5-15-26(3)23(12-13-24(20)26)19(2)8-14-25(30)27(4,31)17-28/h9-10,19,22-25,28-31H,1,5-8,11-17H2,2-4H3/b20-9?,21-10-/t19-,22+,23-,24?,25?,26-,27?/m1/s1. The largest absolute Gasteiger partial charge is 0.393 e. The Bertz CT molecular complexity index is 706. The minimum Gasteiger partial charge on any atom is -0.393 e. The van der Waals surface area contributed by atoms with Gasteiger partial charge in [-0.05, 0) is 99.9 Å². The zero-order chi connectivity index (χ0) is 22.8. The number of hydrogen-bond donors (Lipinski definition) is 4. The molecule has 3 fully saturated rings. The fourth-order valence-electron chi connectivity index (χ4n) is 6.65. The van der Waals surface area contributed by atoms with E-state index in [2.05, 4.69) is 32.6 Å². The molecule has 0 aromatic carbocycles. The van der Waals surface area contributed by atoms with Crippen LogP contribution >= 0.6 is 0 Å². The maximum Gasteiger partial charge on any atom is 0.111 e. The summed E-state index contributed by atoms with van der Waals surface area (Å²) < 4.78 is 0. The van der Waals surface area contributed by atoms with Crippen LogP contribution in [-0.2, 0) is 0 Å². The maximum atomic E-state index is 10.3. The summed E-state index contributed by atoms with van der Waals surface area (Å²) in [5, 5.41) is 39.7. The molecule has 0 amide bonds. The SMILES string of the molecule is C=C1CC[C@H](O)C/C1=C/C=C1CCC[C@@]2(C)C1CC[C@@H]2[C@H](C)CCC(O)C(C)(O)CO. The van der Waals surface area contributed by atoms with Crippen molar-refractivity contribution in [1.82, 2.24) is 0 Å². The van der Waals surface area contributed by atoms with Crippen LogP contribution in [0.1, 0.15) is 85.0 Å². The Labute approximate surface area is 188 Å². The number of aliphatic hydroxyl groups is 4. The van der Waals surface area contributed by atoms with Gasteiger partial charge in [0.15, 0.2) is 0 Å². The lowest BCUT2D eigenvalue weighted by Gasteiger charge is -2.44. The van der Waals surface area contributed by atoms with E-state index in [1.165, 1.54) is 43.8 Å². The predicted octanol–water partition coefficient (Wildman–Crippen LogP) is 4.68. The van der Waals surface area contributed by atoms with Crippen LogP contribution in [0.4, 0.5) is 0 Å². The number of hydrogen-bond acceptors (Lipinski definition) is 4. The minimum atomic E-state index is -1.42. The van der Waals surface area contributed by atoms with E-state index < -0.39 is 18.3 Å². The summed E-state index contributed by atoms with van der Waals surface area (Å²) in [6.45, 7) is 10.1. The van der Waals surface area contributed by atoms with Crippen LogP contribution in [0.3, 0.4) is 0 Å². The molecule has 0 saturated heterocycles. The van der Waals surface area contributed by atoms with Crippen LogP contribution in [-0.4, -0.2) is 44.8 Å². The van der Waals surface area contributed by atoms with Gasteiger partial charge in [-0.1, -0.05) is 43.7 Å². The molecule has 4 N–H and O–H groups in total. The predicted molar refractivity (Wildman–Crippen MR) is 125 cm³/mol. The molecule has 3 saturated carbocycles. The van der Waals surface area contributed by atoms with E-state index in [0.29, 0.717) is 24.2 Å². The zero-order valence-electron chi connectivity index (χ0n) is 19.8. The highest BCUT2D eigenvalue weighted by Crippen LogP contribution is 2.60. The van der Waals surface area contributed by atoms with E-state index in [1.807, 2.05) is 0 Å². The quantitative estimate of drug-likeness (QED) is 0.471. The summed E-state index contributed by atoms with van der Waals surface area (Å²) in [6, 6.07) is 0. The van der Waals surface area contributed by atoms with Crippen LogP contribution < -0.4 is 0 Å². The van der Waals surface area contributed by atoms with Gasteiger partial charge in [-0.3, -0.25) is 0 Å². The van der Waals surface area contributed by atoms with E-state index in [0.717, 1.165) is 32.1 Å². The van der Waals surface area contributed by atoms with Gasteiger partial charge in [-0.2, -0.15) is 0 Å². The minimum absolute atomic E-state index is 0.231.